The molecule has 0 N–H and O–H groups in total. The summed E-state index contributed by atoms with van der Waals surface area (Å²) in [4.78, 5) is 28.4. The number of amides is 1. The number of hydrogen-bond acceptors (Lipinski definition) is 5. The van der Waals surface area contributed by atoms with E-state index in [0.29, 0.717) is 18.7 Å². The Morgan fingerprint density at radius 2 is 2.14 bits per heavy atom. The second-order valence-corrected chi connectivity index (χ2v) is 7.96. The summed E-state index contributed by atoms with van der Waals surface area (Å²) in [6, 6.07) is 7.17. The molecule has 1 aliphatic heterocycles. The van der Waals surface area contributed by atoms with Crippen LogP contribution in [0.5, 0.6) is 0 Å². The number of hydrogen-bond donors (Lipinski definition) is 0. The van der Waals surface area contributed by atoms with Crippen molar-refractivity contribution >= 4 is 17.2 Å². The summed E-state index contributed by atoms with van der Waals surface area (Å²) in [5.41, 5.74) is 2.03. The fraction of sp³-hybridized carbons (Fsp3) is 0.400. The van der Waals surface area contributed by atoms with E-state index in [-0.39, 0.29) is 17.5 Å². The molecule has 1 amide bonds. The van der Waals surface area contributed by atoms with Gasteiger partial charge in [-0.3, -0.25) is 14.3 Å². The number of piperidine rings is 1. The van der Waals surface area contributed by atoms with Crippen LogP contribution in [0.1, 0.15) is 41.9 Å². The largest absolute Gasteiger partial charge is 0.336 e. The monoisotopic (exact) mass is 397 g/mol. The molecule has 8 heteroatoms. The van der Waals surface area contributed by atoms with Crippen LogP contribution in [0.15, 0.2) is 40.6 Å². The summed E-state index contributed by atoms with van der Waals surface area (Å²) < 4.78 is 3.33. The first-order valence-electron chi connectivity index (χ1n) is 9.54. The number of rotatable bonds is 4. The van der Waals surface area contributed by atoms with Gasteiger partial charge in [-0.25, -0.2) is 4.68 Å². The molecule has 0 radical (unpaired) electrons. The number of aryl methyl sites for hydroxylation is 2. The van der Waals surface area contributed by atoms with Crippen molar-refractivity contribution in [2.24, 2.45) is 0 Å². The van der Waals surface area contributed by atoms with Gasteiger partial charge in [0.15, 0.2) is 0 Å². The summed E-state index contributed by atoms with van der Waals surface area (Å²) in [7, 11) is 0. The van der Waals surface area contributed by atoms with Crippen molar-refractivity contribution in [1.82, 2.24) is 24.5 Å². The molecule has 146 valence electrons. The van der Waals surface area contributed by atoms with Gasteiger partial charge in [0.1, 0.15) is 5.69 Å². The van der Waals surface area contributed by atoms with Crippen LogP contribution in [0.25, 0.3) is 10.6 Å². The highest BCUT2D eigenvalue weighted by molar-refractivity contribution is 7.13. The molecule has 1 aliphatic rings. The minimum atomic E-state index is -0.130. The third kappa shape index (κ3) is 3.52. The minimum Gasteiger partial charge on any atom is -0.336 e. The van der Waals surface area contributed by atoms with Gasteiger partial charge >= 0.3 is 0 Å². The highest BCUT2D eigenvalue weighted by atomic mass is 32.1. The molecule has 3 aromatic rings. The zero-order valence-electron chi connectivity index (χ0n) is 16.0. The fourth-order valence-corrected chi connectivity index (χ4v) is 4.33. The Kier molecular flexibility index (Phi) is 5.13. The number of nitrogens with zero attached hydrogens (tertiary/aromatic N) is 5. The molecule has 1 fully saturated rings. The van der Waals surface area contributed by atoms with Crippen LogP contribution in [0.2, 0.25) is 0 Å². The van der Waals surface area contributed by atoms with E-state index in [1.54, 1.807) is 32.8 Å². The van der Waals surface area contributed by atoms with E-state index in [1.807, 2.05) is 42.5 Å². The highest BCUT2D eigenvalue weighted by Gasteiger charge is 2.28. The van der Waals surface area contributed by atoms with E-state index < -0.39 is 0 Å². The third-order valence-electron chi connectivity index (χ3n) is 5.13. The van der Waals surface area contributed by atoms with Gasteiger partial charge in [-0.2, -0.15) is 10.2 Å². The Balaban J connectivity index is 1.59. The molecule has 0 aromatic carbocycles. The lowest BCUT2D eigenvalue weighted by atomic mass is 10.0. The van der Waals surface area contributed by atoms with E-state index in [4.69, 9.17) is 0 Å². The molecule has 4 heterocycles. The Morgan fingerprint density at radius 1 is 1.29 bits per heavy atom. The molecular weight excluding hydrogens is 374 g/mol. The summed E-state index contributed by atoms with van der Waals surface area (Å²) in [6.45, 7) is 5.75. The average Bonchev–Trinajstić information content (AvgIpc) is 3.38. The normalized spacial score (nSPS) is 17.1. The van der Waals surface area contributed by atoms with Crippen LogP contribution >= 0.6 is 11.3 Å². The van der Waals surface area contributed by atoms with Crippen LogP contribution in [-0.4, -0.2) is 43.5 Å². The molecule has 0 aliphatic carbocycles. The van der Waals surface area contributed by atoms with Crippen molar-refractivity contribution in [3.05, 3.63) is 57.5 Å². The molecule has 0 saturated carbocycles. The number of aromatic nitrogens is 4. The van der Waals surface area contributed by atoms with E-state index in [9.17, 15) is 9.59 Å². The summed E-state index contributed by atoms with van der Waals surface area (Å²) in [5, 5.41) is 11.0. The zero-order valence-corrected chi connectivity index (χ0v) is 16.9. The van der Waals surface area contributed by atoms with Crippen molar-refractivity contribution in [2.75, 3.05) is 13.1 Å². The second kappa shape index (κ2) is 7.71. The second-order valence-electron chi connectivity index (χ2n) is 7.01. The van der Waals surface area contributed by atoms with Gasteiger partial charge in [0.25, 0.3) is 11.5 Å². The SMILES string of the molecule is CCn1cc(C(=O)N2CCC[C@H](n3nc(-c4cccs4)ccc3=O)C2)c(C)n1. The lowest BCUT2D eigenvalue weighted by Crippen LogP contribution is -2.43. The van der Waals surface area contributed by atoms with Crippen molar-refractivity contribution in [1.29, 1.82) is 0 Å². The van der Waals surface area contributed by atoms with E-state index in [0.717, 1.165) is 35.7 Å². The van der Waals surface area contributed by atoms with Gasteiger partial charge in [0, 0.05) is 31.9 Å². The van der Waals surface area contributed by atoms with Gasteiger partial charge in [0.05, 0.1) is 22.2 Å². The molecule has 0 spiro atoms. The molecule has 7 nitrogen and oxygen atoms in total. The zero-order chi connectivity index (χ0) is 19.7. The van der Waals surface area contributed by atoms with Gasteiger partial charge < -0.3 is 4.90 Å². The lowest BCUT2D eigenvalue weighted by molar-refractivity contribution is 0.0669. The third-order valence-corrected chi connectivity index (χ3v) is 6.02. The predicted octanol–water partition coefficient (Wildman–Crippen LogP) is 2.97. The number of carbonyl (C=O) groups excluding carboxylic acids is 1. The molecule has 4 rings (SSSR count). The summed E-state index contributed by atoms with van der Waals surface area (Å²) in [5.74, 6) is -0.0237. The maximum absolute atomic E-state index is 13.0. The first-order valence-corrected chi connectivity index (χ1v) is 10.4. The predicted molar refractivity (Wildman–Crippen MR) is 109 cm³/mol. The van der Waals surface area contributed by atoms with Crippen molar-refractivity contribution in [3.63, 3.8) is 0 Å². The number of likely N-dealkylation sites (tertiary alicyclic amines) is 1. The van der Waals surface area contributed by atoms with Gasteiger partial charge in [0.2, 0.25) is 0 Å². The first kappa shape index (κ1) is 18.6. The Morgan fingerprint density at radius 3 is 2.86 bits per heavy atom. The first-order chi connectivity index (χ1) is 13.6. The Labute approximate surface area is 167 Å². The van der Waals surface area contributed by atoms with Crippen LogP contribution in [0.4, 0.5) is 0 Å². The quantitative estimate of drug-likeness (QED) is 0.678. The molecule has 1 atom stereocenters. The molecule has 28 heavy (non-hydrogen) atoms. The van der Waals surface area contributed by atoms with E-state index >= 15 is 0 Å². The van der Waals surface area contributed by atoms with E-state index in [1.165, 1.54) is 0 Å². The smallest absolute Gasteiger partial charge is 0.267 e. The van der Waals surface area contributed by atoms with Crippen LogP contribution in [0.3, 0.4) is 0 Å². The average molecular weight is 398 g/mol. The molecule has 0 unspecified atom stereocenters. The van der Waals surface area contributed by atoms with Gasteiger partial charge in [-0.05, 0) is 44.2 Å². The summed E-state index contributed by atoms with van der Waals surface area (Å²) >= 11 is 1.59. The van der Waals surface area contributed by atoms with Crippen molar-refractivity contribution in [2.45, 2.75) is 39.3 Å². The summed E-state index contributed by atoms with van der Waals surface area (Å²) in [6.07, 6.45) is 3.48. The van der Waals surface area contributed by atoms with E-state index in [2.05, 4.69) is 10.2 Å². The van der Waals surface area contributed by atoms with Crippen molar-refractivity contribution in [3.8, 4) is 10.6 Å². The standard InChI is InChI=1S/C20H23N5O2S/c1-3-24-13-16(14(2)21-24)20(27)23-10-4-6-15(12-23)25-19(26)9-8-17(22-25)18-7-5-11-28-18/h5,7-9,11,13,15H,3-4,6,10,12H2,1-2H3/t15-/m0/s1. The maximum Gasteiger partial charge on any atom is 0.267 e. The topological polar surface area (TPSA) is 73.0 Å². The minimum absolute atomic E-state index is 0.0237. The van der Waals surface area contributed by atoms with Gasteiger partial charge in [-0.15, -0.1) is 11.3 Å². The van der Waals surface area contributed by atoms with Crippen molar-refractivity contribution < 1.29 is 4.79 Å². The molecule has 3 aromatic heterocycles. The molecule has 0 bridgehead atoms. The molecular formula is C20H23N5O2S. The van der Waals surface area contributed by atoms with Crippen LogP contribution in [-0.2, 0) is 6.54 Å². The maximum atomic E-state index is 13.0. The van der Waals surface area contributed by atoms with Crippen LogP contribution in [0, 0.1) is 6.92 Å². The fourth-order valence-electron chi connectivity index (χ4n) is 3.64. The van der Waals surface area contributed by atoms with Gasteiger partial charge in [-0.1, -0.05) is 6.07 Å². The molecule has 1 saturated heterocycles. The lowest BCUT2D eigenvalue weighted by Gasteiger charge is -2.33. The number of thiophene rings is 1. The number of carbonyl (C=O) groups is 1. The van der Waals surface area contributed by atoms with Crippen LogP contribution < -0.4 is 5.56 Å². The highest BCUT2D eigenvalue weighted by Crippen LogP contribution is 2.25. The Bertz CT molecular complexity index is 1040. The Hall–Kier alpha value is -2.74.